The second-order valence-electron chi connectivity index (χ2n) is 5.76. The van der Waals surface area contributed by atoms with Gasteiger partial charge < -0.3 is 10.2 Å². The first kappa shape index (κ1) is 14.3. The van der Waals surface area contributed by atoms with E-state index in [1.165, 1.54) is 25.8 Å². The lowest BCUT2D eigenvalue weighted by atomic mass is 9.99. The van der Waals surface area contributed by atoms with Crippen LogP contribution < -0.4 is 5.32 Å². The number of rotatable bonds is 3. The van der Waals surface area contributed by atoms with Crippen LogP contribution in [0.1, 0.15) is 36.7 Å². The number of piperidine rings is 1. The Morgan fingerprint density at radius 3 is 3.10 bits per heavy atom. The molecule has 3 heterocycles. The number of piperazine rings is 1. The molecular weight excluding hydrogens is 266 g/mol. The summed E-state index contributed by atoms with van der Waals surface area (Å²) in [5.74, 6) is 0.673. The number of carbonyl (C=O) groups excluding carboxylic acids is 1. The van der Waals surface area contributed by atoms with Crippen LogP contribution in [-0.4, -0.2) is 64.4 Å². The quantitative estimate of drug-likeness (QED) is 0.906. The molecule has 2 fully saturated rings. The molecule has 1 atom stereocenters. The van der Waals surface area contributed by atoms with Crippen LogP contribution in [0, 0.1) is 0 Å². The Morgan fingerprint density at radius 1 is 1.33 bits per heavy atom. The summed E-state index contributed by atoms with van der Waals surface area (Å²) >= 11 is 0. The van der Waals surface area contributed by atoms with Crippen LogP contribution in [-0.2, 0) is 0 Å². The Balaban J connectivity index is 1.68. The lowest BCUT2D eigenvalue weighted by molar-refractivity contribution is 0.0368. The van der Waals surface area contributed by atoms with Crippen molar-refractivity contribution in [1.82, 2.24) is 19.8 Å². The predicted octanol–water partition coefficient (Wildman–Crippen LogP) is 1.22. The molecule has 1 aromatic rings. The molecule has 0 spiro atoms. The van der Waals surface area contributed by atoms with Gasteiger partial charge in [-0.25, -0.2) is 4.98 Å². The Bertz CT molecular complexity index is 507. The molecule has 0 radical (unpaired) electrons. The van der Waals surface area contributed by atoms with E-state index in [1.807, 2.05) is 11.8 Å². The van der Waals surface area contributed by atoms with Gasteiger partial charge in [-0.3, -0.25) is 14.7 Å². The summed E-state index contributed by atoms with van der Waals surface area (Å²) in [7, 11) is 0. The molecule has 114 valence electrons. The first-order chi connectivity index (χ1) is 10.3. The van der Waals surface area contributed by atoms with Crippen LogP contribution in [0.2, 0.25) is 0 Å². The molecular formula is C15H23N5O. The maximum atomic E-state index is 12.6. The minimum atomic E-state index is 0.00692. The number of carbonyl (C=O) groups is 1. The smallest absolute Gasteiger partial charge is 0.274 e. The van der Waals surface area contributed by atoms with Crippen molar-refractivity contribution in [2.75, 3.05) is 38.0 Å². The maximum Gasteiger partial charge on any atom is 0.274 e. The van der Waals surface area contributed by atoms with Crippen molar-refractivity contribution in [1.29, 1.82) is 0 Å². The van der Waals surface area contributed by atoms with Gasteiger partial charge in [0.2, 0.25) is 0 Å². The van der Waals surface area contributed by atoms with E-state index in [2.05, 4.69) is 20.2 Å². The second-order valence-corrected chi connectivity index (χ2v) is 5.76. The third-order valence-electron chi connectivity index (χ3n) is 4.34. The molecule has 2 aliphatic rings. The third kappa shape index (κ3) is 3.15. The first-order valence-electron chi connectivity index (χ1n) is 7.87. The fourth-order valence-corrected chi connectivity index (χ4v) is 3.24. The van der Waals surface area contributed by atoms with Gasteiger partial charge in [0.15, 0.2) is 0 Å². The molecule has 3 rings (SSSR count). The Hall–Kier alpha value is -1.69. The molecule has 1 aromatic heterocycles. The number of amides is 1. The van der Waals surface area contributed by atoms with Gasteiger partial charge in [0.05, 0.1) is 12.4 Å². The molecule has 1 N–H and O–H groups in total. The van der Waals surface area contributed by atoms with Crippen molar-refractivity contribution >= 4 is 11.7 Å². The maximum absolute atomic E-state index is 12.6. The lowest BCUT2D eigenvalue weighted by Crippen LogP contribution is -2.56. The van der Waals surface area contributed by atoms with Gasteiger partial charge in [0.25, 0.3) is 5.91 Å². The number of nitrogens with zero attached hydrogens (tertiary/aromatic N) is 4. The topological polar surface area (TPSA) is 61.4 Å². The van der Waals surface area contributed by atoms with Gasteiger partial charge in [-0.15, -0.1) is 0 Å². The summed E-state index contributed by atoms with van der Waals surface area (Å²) < 4.78 is 0. The average molecular weight is 289 g/mol. The van der Waals surface area contributed by atoms with Gasteiger partial charge in [-0.05, 0) is 26.3 Å². The Kier molecular flexibility index (Phi) is 4.34. The average Bonchev–Trinajstić information content (AvgIpc) is 2.54. The summed E-state index contributed by atoms with van der Waals surface area (Å²) in [6.07, 6.45) is 6.99. The molecule has 2 aliphatic heterocycles. The molecule has 0 bridgehead atoms. The zero-order valence-electron chi connectivity index (χ0n) is 12.6. The number of anilines is 1. The number of nitrogens with one attached hydrogen (secondary N) is 1. The van der Waals surface area contributed by atoms with Crippen LogP contribution in [0.4, 0.5) is 5.82 Å². The van der Waals surface area contributed by atoms with Gasteiger partial charge in [-0.1, -0.05) is 6.42 Å². The Labute approximate surface area is 125 Å². The molecule has 0 aromatic carbocycles. The van der Waals surface area contributed by atoms with E-state index in [9.17, 15) is 4.79 Å². The van der Waals surface area contributed by atoms with E-state index in [1.54, 1.807) is 12.4 Å². The lowest BCUT2D eigenvalue weighted by Gasteiger charge is -2.43. The van der Waals surface area contributed by atoms with Crippen LogP contribution in [0.3, 0.4) is 0 Å². The second kappa shape index (κ2) is 6.39. The van der Waals surface area contributed by atoms with Crippen molar-refractivity contribution in [2.45, 2.75) is 32.2 Å². The van der Waals surface area contributed by atoms with Crippen LogP contribution in [0.5, 0.6) is 0 Å². The van der Waals surface area contributed by atoms with Crippen LogP contribution in [0.15, 0.2) is 12.4 Å². The largest absolute Gasteiger partial charge is 0.369 e. The summed E-state index contributed by atoms with van der Waals surface area (Å²) in [4.78, 5) is 25.5. The molecule has 1 amide bonds. The van der Waals surface area contributed by atoms with E-state index in [0.29, 0.717) is 17.6 Å². The summed E-state index contributed by atoms with van der Waals surface area (Å²) in [6, 6.07) is 0.529. The number of fused-ring (bicyclic) bond motifs is 1. The zero-order chi connectivity index (χ0) is 14.7. The highest BCUT2D eigenvalue weighted by Gasteiger charge is 2.31. The summed E-state index contributed by atoms with van der Waals surface area (Å²) in [6.45, 7) is 6.55. The molecule has 1 unspecified atom stereocenters. The molecule has 21 heavy (non-hydrogen) atoms. The predicted molar refractivity (Wildman–Crippen MR) is 81.3 cm³/mol. The van der Waals surface area contributed by atoms with E-state index >= 15 is 0 Å². The van der Waals surface area contributed by atoms with Gasteiger partial charge in [-0.2, -0.15) is 0 Å². The molecule has 6 nitrogen and oxygen atoms in total. The summed E-state index contributed by atoms with van der Waals surface area (Å²) in [5, 5.41) is 3.10. The van der Waals surface area contributed by atoms with Gasteiger partial charge in [0.1, 0.15) is 11.5 Å². The van der Waals surface area contributed by atoms with E-state index < -0.39 is 0 Å². The first-order valence-corrected chi connectivity index (χ1v) is 7.87. The monoisotopic (exact) mass is 289 g/mol. The van der Waals surface area contributed by atoms with Crippen molar-refractivity contribution in [2.24, 2.45) is 0 Å². The summed E-state index contributed by atoms with van der Waals surface area (Å²) in [5.41, 5.74) is 0.442. The van der Waals surface area contributed by atoms with Gasteiger partial charge >= 0.3 is 0 Å². The fraction of sp³-hybridized carbons (Fsp3) is 0.667. The van der Waals surface area contributed by atoms with Crippen LogP contribution >= 0.6 is 0 Å². The van der Waals surface area contributed by atoms with E-state index in [4.69, 9.17) is 0 Å². The van der Waals surface area contributed by atoms with Crippen molar-refractivity contribution < 1.29 is 4.79 Å². The van der Waals surface area contributed by atoms with Crippen molar-refractivity contribution in [3.63, 3.8) is 0 Å². The normalized spacial score (nSPS) is 22.7. The highest BCUT2D eigenvalue weighted by molar-refractivity contribution is 5.92. The third-order valence-corrected chi connectivity index (χ3v) is 4.34. The highest BCUT2D eigenvalue weighted by atomic mass is 16.2. The highest BCUT2D eigenvalue weighted by Crippen LogP contribution is 2.21. The minimum absolute atomic E-state index is 0.00692. The molecule has 2 saturated heterocycles. The standard InChI is InChI=1S/C15H23N5O/c1-2-17-14-10-16-9-13(18-14)15(21)20-8-7-19-6-4-3-5-12(19)11-20/h9-10,12H,2-8,11H2,1H3,(H,17,18). The Morgan fingerprint density at radius 2 is 2.24 bits per heavy atom. The molecule has 0 saturated carbocycles. The fourth-order valence-electron chi connectivity index (χ4n) is 3.24. The molecule has 6 heteroatoms. The van der Waals surface area contributed by atoms with E-state index in [0.717, 1.165) is 26.2 Å². The van der Waals surface area contributed by atoms with Crippen molar-refractivity contribution in [3.8, 4) is 0 Å². The number of aromatic nitrogens is 2. The molecule has 0 aliphatic carbocycles. The van der Waals surface area contributed by atoms with Gasteiger partial charge in [0, 0.05) is 32.2 Å². The minimum Gasteiger partial charge on any atom is -0.369 e. The zero-order valence-corrected chi connectivity index (χ0v) is 12.6. The van der Waals surface area contributed by atoms with Crippen LogP contribution in [0.25, 0.3) is 0 Å². The number of hydrogen-bond acceptors (Lipinski definition) is 5. The van der Waals surface area contributed by atoms with Crippen molar-refractivity contribution in [3.05, 3.63) is 18.1 Å². The number of hydrogen-bond donors (Lipinski definition) is 1. The SMILES string of the molecule is CCNc1cncc(C(=O)N2CCN3CCCCC3C2)n1. The van der Waals surface area contributed by atoms with E-state index in [-0.39, 0.29) is 5.91 Å².